The van der Waals surface area contributed by atoms with Crippen LogP contribution >= 0.6 is 34.8 Å². The lowest BCUT2D eigenvalue weighted by Gasteiger charge is -2.10. The molecule has 2 aromatic carbocycles. The van der Waals surface area contributed by atoms with Gasteiger partial charge in [0.05, 0.1) is 16.5 Å². The second-order valence-electron chi connectivity index (χ2n) is 5.84. The van der Waals surface area contributed by atoms with Crippen molar-refractivity contribution in [3.05, 3.63) is 57.5 Å². The SMILES string of the molecule is O=C(CCCOc1ccc(Cl)cc1Cl)NNC(=O)CS(=O)(=O)c1ccc(Cl)cc1. The van der Waals surface area contributed by atoms with Crippen LogP contribution in [0.15, 0.2) is 47.4 Å². The molecule has 2 N–H and O–H groups in total. The summed E-state index contributed by atoms with van der Waals surface area (Å²) in [5.74, 6) is -1.73. The molecule has 0 aromatic heterocycles. The van der Waals surface area contributed by atoms with Crippen LogP contribution in [0.3, 0.4) is 0 Å². The summed E-state index contributed by atoms with van der Waals surface area (Å²) in [5, 5.41) is 1.22. The van der Waals surface area contributed by atoms with Gasteiger partial charge in [-0.05, 0) is 48.9 Å². The van der Waals surface area contributed by atoms with Crippen molar-refractivity contribution in [2.24, 2.45) is 0 Å². The molecule has 2 rings (SSSR count). The third kappa shape index (κ3) is 7.74. The normalized spacial score (nSPS) is 11.0. The van der Waals surface area contributed by atoms with E-state index in [4.69, 9.17) is 39.5 Å². The number of rotatable bonds is 8. The van der Waals surface area contributed by atoms with Gasteiger partial charge in [-0.15, -0.1) is 0 Å². The molecule has 0 saturated heterocycles. The lowest BCUT2D eigenvalue weighted by Crippen LogP contribution is -2.44. The van der Waals surface area contributed by atoms with Crippen LogP contribution in [0, 0.1) is 0 Å². The molecular weight excluding hydrogens is 463 g/mol. The van der Waals surface area contributed by atoms with E-state index >= 15 is 0 Å². The third-order valence-electron chi connectivity index (χ3n) is 3.53. The third-order valence-corrected chi connectivity index (χ3v) is 5.95. The van der Waals surface area contributed by atoms with Gasteiger partial charge in [-0.2, -0.15) is 0 Å². The molecule has 2 amide bonds. The zero-order valence-corrected chi connectivity index (χ0v) is 18.0. The second-order valence-corrected chi connectivity index (χ2v) is 9.11. The van der Waals surface area contributed by atoms with Gasteiger partial charge in [-0.25, -0.2) is 8.42 Å². The minimum Gasteiger partial charge on any atom is -0.492 e. The van der Waals surface area contributed by atoms with Crippen LogP contribution in [0.1, 0.15) is 12.8 Å². The molecule has 0 bridgehead atoms. The fourth-order valence-electron chi connectivity index (χ4n) is 2.14. The summed E-state index contributed by atoms with van der Waals surface area (Å²) in [7, 11) is -3.85. The highest BCUT2D eigenvalue weighted by atomic mass is 35.5. The Bertz CT molecular complexity index is 981. The summed E-state index contributed by atoms with van der Waals surface area (Å²) >= 11 is 17.5. The van der Waals surface area contributed by atoms with Crippen molar-refractivity contribution in [1.29, 1.82) is 0 Å². The van der Waals surface area contributed by atoms with Gasteiger partial charge in [-0.3, -0.25) is 20.4 Å². The maximum atomic E-state index is 12.1. The highest BCUT2D eigenvalue weighted by Crippen LogP contribution is 2.27. The van der Waals surface area contributed by atoms with Gasteiger partial charge in [0.25, 0.3) is 5.91 Å². The monoisotopic (exact) mass is 478 g/mol. The number of hydrogen-bond acceptors (Lipinski definition) is 5. The molecule has 0 atom stereocenters. The van der Waals surface area contributed by atoms with Crippen molar-refractivity contribution in [2.75, 3.05) is 12.4 Å². The summed E-state index contributed by atoms with van der Waals surface area (Å²) in [6.07, 6.45) is 0.402. The lowest BCUT2D eigenvalue weighted by atomic mass is 10.3. The molecule has 11 heteroatoms. The number of carbonyl (C=O) groups is 2. The molecule has 0 unspecified atom stereocenters. The number of benzene rings is 2. The molecule has 29 heavy (non-hydrogen) atoms. The quantitative estimate of drug-likeness (QED) is 0.446. The van der Waals surface area contributed by atoms with Crippen molar-refractivity contribution in [3.8, 4) is 5.75 Å². The molecule has 0 saturated carbocycles. The van der Waals surface area contributed by atoms with Crippen molar-refractivity contribution < 1.29 is 22.7 Å². The van der Waals surface area contributed by atoms with Crippen LogP contribution in [0.4, 0.5) is 0 Å². The maximum absolute atomic E-state index is 12.1. The van der Waals surface area contributed by atoms with Crippen molar-refractivity contribution in [3.63, 3.8) is 0 Å². The number of amides is 2. The Kier molecular flexibility index (Phi) is 8.58. The number of halogens is 3. The van der Waals surface area contributed by atoms with E-state index < -0.39 is 27.4 Å². The zero-order chi connectivity index (χ0) is 21.4. The highest BCUT2D eigenvalue weighted by molar-refractivity contribution is 7.92. The number of carbonyl (C=O) groups excluding carboxylic acids is 2. The van der Waals surface area contributed by atoms with Crippen LogP contribution in [0.5, 0.6) is 5.75 Å². The smallest absolute Gasteiger partial charge is 0.253 e. The summed E-state index contributed by atoms with van der Waals surface area (Å²) < 4.78 is 29.7. The molecule has 0 spiro atoms. The summed E-state index contributed by atoms with van der Waals surface area (Å²) in [4.78, 5) is 23.5. The van der Waals surface area contributed by atoms with Crippen LogP contribution in [0.2, 0.25) is 15.1 Å². The molecule has 156 valence electrons. The first-order chi connectivity index (χ1) is 13.7. The fourth-order valence-corrected chi connectivity index (χ4v) is 3.87. The van der Waals surface area contributed by atoms with Crippen LogP contribution in [-0.4, -0.2) is 32.6 Å². The van der Waals surface area contributed by atoms with Gasteiger partial charge in [0.1, 0.15) is 11.5 Å². The highest BCUT2D eigenvalue weighted by Gasteiger charge is 2.19. The molecular formula is C18H17Cl3N2O5S. The second kappa shape index (κ2) is 10.7. The average Bonchev–Trinajstić information content (AvgIpc) is 2.65. The Labute approximate surface area is 183 Å². The van der Waals surface area contributed by atoms with E-state index in [1.165, 1.54) is 24.3 Å². The standard InChI is InChI=1S/C18H17Cl3N2O5S/c19-12-3-6-14(7-4-12)29(26,27)11-18(25)23-22-17(24)2-1-9-28-16-8-5-13(20)10-15(16)21/h3-8,10H,1-2,9,11H2,(H,22,24)(H,23,25). The van der Waals surface area contributed by atoms with Crippen molar-refractivity contribution in [1.82, 2.24) is 10.9 Å². The van der Waals surface area contributed by atoms with Crippen molar-refractivity contribution >= 4 is 56.5 Å². The Hall–Kier alpha value is -2.00. The van der Waals surface area contributed by atoms with E-state index in [2.05, 4.69) is 10.9 Å². The van der Waals surface area contributed by atoms with E-state index in [1.54, 1.807) is 18.2 Å². The first-order valence-corrected chi connectivity index (χ1v) is 11.1. The van der Waals surface area contributed by atoms with Gasteiger partial charge >= 0.3 is 0 Å². The number of hydrogen-bond donors (Lipinski definition) is 2. The number of ether oxygens (including phenoxy) is 1. The van der Waals surface area contributed by atoms with Gasteiger partial charge in [0.2, 0.25) is 5.91 Å². The van der Waals surface area contributed by atoms with E-state index in [9.17, 15) is 18.0 Å². The average molecular weight is 480 g/mol. The van der Waals surface area contributed by atoms with Crippen LogP contribution < -0.4 is 15.6 Å². The minimum absolute atomic E-state index is 0.0404. The van der Waals surface area contributed by atoms with E-state index in [0.717, 1.165) is 0 Å². The molecule has 0 heterocycles. The number of sulfone groups is 1. The summed E-state index contributed by atoms with van der Waals surface area (Å²) in [6.45, 7) is 0.216. The zero-order valence-electron chi connectivity index (χ0n) is 15.0. The first-order valence-electron chi connectivity index (χ1n) is 8.31. The summed E-state index contributed by atoms with van der Waals surface area (Å²) in [6, 6.07) is 10.2. The van der Waals surface area contributed by atoms with Gasteiger partial charge in [0, 0.05) is 16.5 Å². The van der Waals surface area contributed by atoms with Crippen LogP contribution in [-0.2, 0) is 19.4 Å². The Morgan fingerprint density at radius 1 is 0.897 bits per heavy atom. The van der Waals surface area contributed by atoms with Crippen LogP contribution in [0.25, 0.3) is 0 Å². The number of nitrogens with one attached hydrogen (secondary N) is 2. The molecule has 7 nitrogen and oxygen atoms in total. The Morgan fingerprint density at radius 2 is 1.52 bits per heavy atom. The fraction of sp³-hybridized carbons (Fsp3) is 0.222. The molecule has 0 aliphatic heterocycles. The molecule has 2 aromatic rings. The van der Waals surface area contributed by atoms with Gasteiger partial charge in [0.15, 0.2) is 9.84 Å². The minimum atomic E-state index is -3.85. The largest absolute Gasteiger partial charge is 0.492 e. The maximum Gasteiger partial charge on any atom is 0.253 e. The Balaban J connectivity index is 1.70. The van der Waals surface area contributed by atoms with Gasteiger partial charge < -0.3 is 4.74 Å². The number of hydrazine groups is 1. The lowest BCUT2D eigenvalue weighted by molar-refractivity contribution is -0.127. The summed E-state index contributed by atoms with van der Waals surface area (Å²) in [5.41, 5.74) is 4.23. The molecule has 0 aliphatic rings. The first kappa shape index (κ1) is 23.3. The van der Waals surface area contributed by atoms with Crippen molar-refractivity contribution in [2.45, 2.75) is 17.7 Å². The van der Waals surface area contributed by atoms with E-state index in [0.29, 0.717) is 27.2 Å². The van der Waals surface area contributed by atoms with E-state index in [1.807, 2.05) is 0 Å². The van der Waals surface area contributed by atoms with Gasteiger partial charge in [-0.1, -0.05) is 34.8 Å². The molecule has 0 fully saturated rings. The molecule has 0 radical (unpaired) electrons. The topological polar surface area (TPSA) is 102 Å². The predicted octanol–water partition coefficient (Wildman–Crippen LogP) is 3.43. The predicted molar refractivity (Wildman–Crippen MR) is 111 cm³/mol. The molecule has 0 aliphatic carbocycles. The Morgan fingerprint density at radius 3 is 2.17 bits per heavy atom. The van der Waals surface area contributed by atoms with E-state index in [-0.39, 0.29) is 17.9 Å².